The molecule has 98 valence electrons. The molecule has 1 aliphatic rings. The molecule has 0 heterocycles. The third-order valence-electron chi connectivity index (χ3n) is 3.79. The summed E-state index contributed by atoms with van der Waals surface area (Å²) in [6, 6.07) is 10.8. The number of aryl methyl sites for hydroxylation is 1. The zero-order chi connectivity index (χ0) is 13.5. The van der Waals surface area contributed by atoms with E-state index >= 15 is 0 Å². The number of hydrogen-bond donors (Lipinski definition) is 1. The molecule has 3 rings (SSSR count). The van der Waals surface area contributed by atoms with Crippen molar-refractivity contribution in [3.05, 3.63) is 70.8 Å². The molecule has 2 aromatic carbocycles. The Morgan fingerprint density at radius 2 is 1.68 bits per heavy atom. The van der Waals surface area contributed by atoms with Gasteiger partial charge in [0.25, 0.3) is 0 Å². The summed E-state index contributed by atoms with van der Waals surface area (Å²) < 4.78 is 26.8. The highest BCUT2D eigenvalue weighted by molar-refractivity contribution is 5.43. The Morgan fingerprint density at radius 1 is 1.00 bits per heavy atom. The van der Waals surface area contributed by atoms with Crippen molar-refractivity contribution in [1.82, 2.24) is 0 Å². The first-order chi connectivity index (χ1) is 9.09. The molecule has 1 nitrogen and oxygen atoms in total. The molecule has 1 aliphatic carbocycles. The number of rotatable bonds is 1. The van der Waals surface area contributed by atoms with Gasteiger partial charge in [-0.2, -0.15) is 0 Å². The second-order valence-electron chi connectivity index (χ2n) is 5.03. The fraction of sp³-hybridized carbons (Fsp3) is 0.250. The molecule has 1 atom stereocenters. The zero-order valence-corrected chi connectivity index (χ0v) is 10.4. The predicted octanol–water partition coefficient (Wildman–Crippen LogP) is 3.54. The van der Waals surface area contributed by atoms with Crippen LogP contribution in [0.2, 0.25) is 0 Å². The highest BCUT2D eigenvalue weighted by Gasteiger charge is 2.36. The highest BCUT2D eigenvalue weighted by atomic mass is 19.1. The molecule has 1 unspecified atom stereocenters. The standard InChI is InChI=1S/C16H14F2O/c17-13-8-12(9-14(18)10-13)16(19)7-3-5-11-4-1-2-6-15(11)16/h1-2,4,6,8-10,19H,3,5,7H2. The number of aliphatic hydroxyl groups is 1. The largest absolute Gasteiger partial charge is 0.380 e. The summed E-state index contributed by atoms with van der Waals surface area (Å²) in [5.41, 5.74) is 0.793. The third kappa shape index (κ3) is 2.04. The Hall–Kier alpha value is -1.74. The molecular weight excluding hydrogens is 246 g/mol. The normalized spacial score (nSPS) is 22.1. The molecule has 2 aromatic rings. The van der Waals surface area contributed by atoms with Gasteiger partial charge in [-0.1, -0.05) is 24.3 Å². The van der Waals surface area contributed by atoms with Crippen molar-refractivity contribution in [3.8, 4) is 0 Å². The van der Waals surface area contributed by atoms with Crippen molar-refractivity contribution in [1.29, 1.82) is 0 Å². The SMILES string of the molecule is OC1(c2cc(F)cc(F)c2)CCCc2ccccc21. The number of halogens is 2. The first-order valence-corrected chi connectivity index (χ1v) is 6.37. The summed E-state index contributed by atoms with van der Waals surface area (Å²) in [5.74, 6) is -1.32. The van der Waals surface area contributed by atoms with Crippen LogP contribution < -0.4 is 0 Å². The molecular formula is C16H14F2O. The van der Waals surface area contributed by atoms with E-state index in [9.17, 15) is 13.9 Å². The lowest BCUT2D eigenvalue weighted by atomic mass is 9.75. The van der Waals surface area contributed by atoms with Gasteiger partial charge in [0.1, 0.15) is 17.2 Å². The summed E-state index contributed by atoms with van der Waals surface area (Å²) >= 11 is 0. The minimum Gasteiger partial charge on any atom is -0.380 e. The Labute approximate surface area is 110 Å². The molecule has 0 saturated heterocycles. The van der Waals surface area contributed by atoms with Gasteiger partial charge in [-0.15, -0.1) is 0 Å². The van der Waals surface area contributed by atoms with Crippen molar-refractivity contribution >= 4 is 0 Å². The average Bonchev–Trinajstić information content (AvgIpc) is 2.38. The summed E-state index contributed by atoms with van der Waals surface area (Å²) in [5, 5.41) is 10.9. The first kappa shape index (κ1) is 12.3. The minimum absolute atomic E-state index is 0.289. The molecule has 0 amide bonds. The second kappa shape index (κ2) is 4.42. The van der Waals surface area contributed by atoms with Crippen LogP contribution in [-0.4, -0.2) is 5.11 Å². The van der Waals surface area contributed by atoms with E-state index in [-0.39, 0.29) is 5.56 Å². The predicted molar refractivity (Wildman–Crippen MR) is 68.7 cm³/mol. The maximum Gasteiger partial charge on any atom is 0.126 e. The van der Waals surface area contributed by atoms with Gasteiger partial charge in [0.15, 0.2) is 0 Å². The van der Waals surface area contributed by atoms with E-state index < -0.39 is 17.2 Å². The van der Waals surface area contributed by atoms with Gasteiger partial charge >= 0.3 is 0 Å². The molecule has 0 radical (unpaired) electrons. The minimum atomic E-state index is -1.29. The molecule has 1 N–H and O–H groups in total. The summed E-state index contributed by atoms with van der Waals surface area (Å²) in [7, 11) is 0. The molecule has 3 heteroatoms. The maximum absolute atomic E-state index is 13.4. The van der Waals surface area contributed by atoms with Crippen LogP contribution in [0.15, 0.2) is 42.5 Å². The van der Waals surface area contributed by atoms with E-state index in [4.69, 9.17) is 0 Å². The van der Waals surface area contributed by atoms with Crippen molar-refractivity contribution < 1.29 is 13.9 Å². The van der Waals surface area contributed by atoms with Crippen molar-refractivity contribution in [3.63, 3.8) is 0 Å². The monoisotopic (exact) mass is 260 g/mol. The Morgan fingerprint density at radius 3 is 2.42 bits per heavy atom. The van der Waals surface area contributed by atoms with Crippen molar-refractivity contribution in [2.75, 3.05) is 0 Å². The molecule has 0 saturated carbocycles. The van der Waals surface area contributed by atoms with Crippen LogP contribution >= 0.6 is 0 Å². The third-order valence-corrected chi connectivity index (χ3v) is 3.79. The average molecular weight is 260 g/mol. The van der Waals surface area contributed by atoms with E-state index in [1.165, 1.54) is 12.1 Å². The molecule has 19 heavy (non-hydrogen) atoms. The quantitative estimate of drug-likeness (QED) is 0.831. The summed E-state index contributed by atoms with van der Waals surface area (Å²) in [6.07, 6.45) is 2.16. The second-order valence-corrected chi connectivity index (χ2v) is 5.03. The summed E-state index contributed by atoms with van der Waals surface area (Å²) in [6.45, 7) is 0. The van der Waals surface area contributed by atoms with Crippen molar-refractivity contribution in [2.45, 2.75) is 24.9 Å². The smallest absolute Gasteiger partial charge is 0.126 e. The lowest BCUT2D eigenvalue weighted by Crippen LogP contribution is -2.32. The van der Waals surface area contributed by atoms with Gasteiger partial charge in [-0.25, -0.2) is 8.78 Å². The molecule has 0 aliphatic heterocycles. The number of hydrogen-bond acceptors (Lipinski definition) is 1. The Balaban J connectivity index is 2.18. The van der Waals surface area contributed by atoms with E-state index in [0.29, 0.717) is 6.42 Å². The lowest BCUT2D eigenvalue weighted by Gasteiger charge is -2.35. The van der Waals surface area contributed by atoms with Gasteiger partial charge in [0.05, 0.1) is 0 Å². The topological polar surface area (TPSA) is 20.2 Å². The van der Waals surface area contributed by atoms with Gasteiger partial charge in [-0.3, -0.25) is 0 Å². The van der Waals surface area contributed by atoms with Crippen LogP contribution in [0.25, 0.3) is 0 Å². The molecule has 0 bridgehead atoms. The zero-order valence-electron chi connectivity index (χ0n) is 10.4. The van der Waals surface area contributed by atoms with Crippen LogP contribution in [0, 0.1) is 11.6 Å². The fourth-order valence-corrected chi connectivity index (χ4v) is 2.90. The van der Waals surface area contributed by atoms with Gasteiger partial charge < -0.3 is 5.11 Å². The first-order valence-electron chi connectivity index (χ1n) is 6.37. The van der Waals surface area contributed by atoms with Crippen molar-refractivity contribution in [2.24, 2.45) is 0 Å². The van der Waals surface area contributed by atoms with Crippen LogP contribution in [0.3, 0.4) is 0 Å². The number of fused-ring (bicyclic) bond motifs is 1. The lowest BCUT2D eigenvalue weighted by molar-refractivity contribution is 0.0609. The van der Waals surface area contributed by atoms with Gasteiger partial charge in [-0.05, 0) is 48.1 Å². The maximum atomic E-state index is 13.4. The van der Waals surface area contributed by atoms with Gasteiger partial charge in [0, 0.05) is 6.07 Å². The van der Waals surface area contributed by atoms with Crippen LogP contribution in [0.5, 0.6) is 0 Å². The Bertz CT molecular complexity index is 604. The van der Waals surface area contributed by atoms with E-state index in [0.717, 1.165) is 30.0 Å². The summed E-state index contributed by atoms with van der Waals surface area (Å²) in [4.78, 5) is 0. The van der Waals surface area contributed by atoms with E-state index in [1.54, 1.807) is 0 Å². The number of benzene rings is 2. The van der Waals surface area contributed by atoms with Crippen LogP contribution in [0.4, 0.5) is 8.78 Å². The fourth-order valence-electron chi connectivity index (χ4n) is 2.90. The molecule has 0 spiro atoms. The molecule has 0 fully saturated rings. The van der Waals surface area contributed by atoms with Crippen LogP contribution in [0.1, 0.15) is 29.5 Å². The Kier molecular flexibility index (Phi) is 2.86. The van der Waals surface area contributed by atoms with Crippen LogP contribution in [-0.2, 0) is 12.0 Å². The highest BCUT2D eigenvalue weighted by Crippen LogP contribution is 2.40. The van der Waals surface area contributed by atoms with Gasteiger partial charge in [0.2, 0.25) is 0 Å². The van der Waals surface area contributed by atoms with E-state index in [2.05, 4.69) is 0 Å². The van der Waals surface area contributed by atoms with E-state index in [1.807, 2.05) is 24.3 Å². The molecule has 0 aromatic heterocycles.